The van der Waals surface area contributed by atoms with Gasteiger partial charge in [0.1, 0.15) is 5.65 Å². The molecule has 3 heterocycles. The molecule has 0 aliphatic carbocycles. The molecule has 3 aromatic rings. The molecular formula is C19H18N4O4. The number of aromatic nitrogens is 3. The zero-order chi connectivity index (χ0) is 19.0. The van der Waals surface area contributed by atoms with Crippen LogP contribution in [0.4, 0.5) is 0 Å². The quantitative estimate of drug-likeness (QED) is 0.725. The Kier molecular flexibility index (Phi) is 4.33. The van der Waals surface area contributed by atoms with Gasteiger partial charge in [-0.15, -0.1) is 0 Å². The van der Waals surface area contributed by atoms with E-state index in [0.29, 0.717) is 37.7 Å². The molecule has 2 aromatic heterocycles. The molecule has 1 amide bonds. The maximum atomic E-state index is 13.2. The van der Waals surface area contributed by atoms with Gasteiger partial charge < -0.3 is 9.64 Å². The van der Waals surface area contributed by atoms with Gasteiger partial charge in [-0.25, -0.2) is 14.3 Å². The van der Waals surface area contributed by atoms with Crippen LogP contribution in [-0.4, -0.2) is 51.6 Å². The Morgan fingerprint density at radius 2 is 1.85 bits per heavy atom. The van der Waals surface area contributed by atoms with Gasteiger partial charge in [-0.3, -0.25) is 14.6 Å². The third-order valence-electron chi connectivity index (χ3n) is 4.54. The van der Waals surface area contributed by atoms with Gasteiger partial charge in [0, 0.05) is 18.8 Å². The Morgan fingerprint density at radius 1 is 1.15 bits per heavy atom. The number of benzene rings is 1. The summed E-state index contributed by atoms with van der Waals surface area (Å²) in [6.07, 6.45) is 0. The van der Waals surface area contributed by atoms with Crippen LogP contribution in [0.3, 0.4) is 0 Å². The number of rotatable bonds is 2. The molecule has 8 nitrogen and oxygen atoms in total. The minimum atomic E-state index is -0.596. The Bertz CT molecular complexity index is 1130. The molecule has 0 bridgehead atoms. The van der Waals surface area contributed by atoms with E-state index in [4.69, 9.17) is 4.74 Å². The standard InChI is InChI=1S/C19H18N4O4/c1-12-11-14(17(24)22-7-9-27-10-8-22)15-16(20-12)21-19(26)23(18(15)25)13-5-3-2-4-6-13/h2-6,11H,7-10H2,1H3,(H,20,21,26). The fraction of sp³-hybridized carbons (Fsp3) is 0.263. The number of carbonyl (C=O) groups is 1. The molecule has 0 radical (unpaired) electrons. The SMILES string of the molecule is Cc1cc(C(=O)N2CCOCC2)c2c(=O)n(-c3ccccc3)c(=O)[nH]c2n1. The second-order valence-electron chi connectivity index (χ2n) is 6.35. The van der Waals surface area contributed by atoms with Crippen molar-refractivity contribution in [1.82, 2.24) is 19.4 Å². The van der Waals surface area contributed by atoms with Crippen molar-refractivity contribution in [3.05, 3.63) is 68.5 Å². The number of morpholine rings is 1. The molecule has 1 fully saturated rings. The fourth-order valence-electron chi connectivity index (χ4n) is 3.26. The first-order valence-corrected chi connectivity index (χ1v) is 8.65. The first-order valence-electron chi connectivity index (χ1n) is 8.65. The average Bonchev–Trinajstić information content (AvgIpc) is 2.68. The molecule has 4 rings (SSSR count). The van der Waals surface area contributed by atoms with Crippen molar-refractivity contribution in [1.29, 1.82) is 0 Å². The Labute approximate surface area is 154 Å². The van der Waals surface area contributed by atoms with E-state index in [1.807, 2.05) is 0 Å². The topological polar surface area (TPSA) is 97.3 Å². The summed E-state index contributed by atoms with van der Waals surface area (Å²) in [4.78, 5) is 47.3. The van der Waals surface area contributed by atoms with Crippen molar-refractivity contribution >= 4 is 16.9 Å². The lowest BCUT2D eigenvalue weighted by atomic mass is 10.1. The Balaban J connectivity index is 1.98. The third kappa shape index (κ3) is 3.04. The highest BCUT2D eigenvalue weighted by atomic mass is 16.5. The normalized spacial score (nSPS) is 14.5. The van der Waals surface area contributed by atoms with Crippen molar-refractivity contribution in [3.63, 3.8) is 0 Å². The zero-order valence-corrected chi connectivity index (χ0v) is 14.8. The predicted octanol–water partition coefficient (Wildman–Crippen LogP) is 0.855. The lowest BCUT2D eigenvalue weighted by Gasteiger charge is -2.27. The van der Waals surface area contributed by atoms with Gasteiger partial charge in [0.15, 0.2) is 0 Å². The number of fused-ring (bicyclic) bond motifs is 1. The number of ether oxygens (including phenoxy) is 1. The fourth-order valence-corrected chi connectivity index (χ4v) is 3.26. The van der Waals surface area contributed by atoms with Crippen LogP contribution in [0.1, 0.15) is 16.1 Å². The molecule has 27 heavy (non-hydrogen) atoms. The molecule has 8 heteroatoms. The second-order valence-corrected chi connectivity index (χ2v) is 6.35. The number of aryl methyl sites for hydroxylation is 1. The number of nitrogens with zero attached hydrogens (tertiary/aromatic N) is 3. The summed E-state index contributed by atoms with van der Waals surface area (Å²) < 4.78 is 6.32. The largest absolute Gasteiger partial charge is 0.378 e. The first kappa shape index (κ1) is 17.2. The van der Waals surface area contributed by atoms with Gasteiger partial charge in [0.05, 0.1) is 29.9 Å². The maximum absolute atomic E-state index is 13.2. The van der Waals surface area contributed by atoms with Crippen LogP contribution in [0, 0.1) is 6.92 Å². The molecule has 138 valence electrons. The van der Waals surface area contributed by atoms with Crippen molar-refractivity contribution in [2.45, 2.75) is 6.92 Å². The van der Waals surface area contributed by atoms with Crippen molar-refractivity contribution < 1.29 is 9.53 Å². The highest BCUT2D eigenvalue weighted by Gasteiger charge is 2.24. The predicted molar refractivity (Wildman–Crippen MR) is 99.4 cm³/mol. The lowest BCUT2D eigenvalue weighted by Crippen LogP contribution is -2.42. The number of carbonyl (C=O) groups excluding carboxylic acids is 1. The summed E-state index contributed by atoms with van der Waals surface area (Å²) in [6.45, 7) is 3.55. The second kappa shape index (κ2) is 6.81. The summed E-state index contributed by atoms with van der Waals surface area (Å²) in [5, 5.41) is 0.112. The van der Waals surface area contributed by atoms with Gasteiger partial charge in [-0.05, 0) is 25.1 Å². The Hall–Kier alpha value is -3.26. The summed E-state index contributed by atoms with van der Waals surface area (Å²) in [7, 11) is 0. The molecule has 1 aliphatic heterocycles. The minimum absolute atomic E-state index is 0.112. The van der Waals surface area contributed by atoms with Gasteiger partial charge in [0.2, 0.25) is 0 Å². The van der Waals surface area contributed by atoms with Crippen molar-refractivity contribution in [2.75, 3.05) is 26.3 Å². The van der Waals surface area contributed by atoms with Crippen LogP contribution in [0.2, 0.25) is 0 Å². The smallest absolute Gasteiger partial charge is 0.334 e. The molecule has 0 atom stereocenters. The molecule has 1 N–H and O–H groups in total. The number of nitrogens with one attached hydrogen (secondary N) is 1. The van der Waals surface area contributed by atoms with E-state index >= 15 is 0 Å². The molecule has 0 unspecified atom stereocenters. The van der Waals surface area contributed by atoms with Crippen LogP contribution in [0.25, 0.3) is 16.7 Å². The van der Waals surface area contributed by atoms with E-state index in [1.54, 1.807) is 48.2 Å². The number of hydrogen-bond donors (Lipinski definition) is 1. The van der Waals surface area contributed by atoms with E-state index in [1.165, 1.54) is 0 Å². The number of aromatic amines is 1. The van der Waals surface area contributed by atoms with Crippen LogP contribution in [-0.2, 0) is 4.74 Å². The third-order valence-corrected chi connectivity index (χ3v) is 4.54. The van der Waals surface area contributed by atoms with E-state index in [-0.39, 0.29) is 22.5 Å². The van der Waals surface area contributed by atoms with E-state index in [9.17, 15) is 14.4 Å². The summed E-state index contributed by atoms with van der Waals surface area (Å²) in [5.74, 6) is -0.266. The first-order chi connectivity index (χ1) is 13.1. The number of pyridine rings is 1. The average molecular weight is 366 g/mol. The molecule has 1 aromatic carbocycles. The highest BCUT2D eigenvalue weighted by molar-refractivity contribution is 6.05. The minimum Gasteiger partial charge on any atom is -0.378 e. The monoisotopic (exact) mass is 366 g/mol. The van der Waals surface area contributed by atoms with Crippen LogP contribution < -0.4 is 11.2 Å². The summed E-state index contributed by atoms with van der Waals surface area (Å²) in [5.41, 5.74) is 0.173. The van der Waals surface area contributed by atoms with Gasteiger partial charge >= 0.3 is 5.69 Å². The van der Waals surface area contributed by atoms with E-state index in [0.717, 1.165) is 4.57 Å². The summed E-state index contributed by atoms with van der Waals surface area (Å²) in [6, 6.07) is 10.2. The van der Waals surface area contributed by atoms with Gasteiger partial charge in [0.25, 0.3) is 11.5 Å². The highest BCUT2D eigenvalue weighted by Crippen LogP contribution is 2.16. The van der Waals surface area contributed by atoms with Crippen LogP contribution in [0.5, 0.6) is 0 Å². The van der Waals surface area contributed by atoms with Crippen LogP contribution >= 0.6 is 0 Å². The molecule has 0 saturated carbocycles. The molecule has 0 spiro atoms. The molecule has 1 saturated heterocycles. The van der Waals surface area contributed by atoms with Gasteiger partial charge in [-0.1, -0.05) is 18.2 Å². The number of amides is 1. The van der Waals surface area contributed by atoms with E-state index < -0.39 is 11.2 Å². The molecule has 1 aliphatic rings. The Morgan fingerprint density at radius 3 is 2.56 bits per heavy atom. The van der Waals surface area contributed by atoms with Crippen molar-refractivity contribution in [2.24, 2.45) is 0 Å². The van der Waals surface area contributed by atoms with Crippen molar-refractivity contribution in [3.8, 4) is 5.69 Å². The lowest BCUT2D eigenvalue weighted by molar-refractivity contribution is 0.0304. The number of H-pyrrole nitrogens is 1. The number of para-hydroxylation sites is 1. The molecular weight excluding hydrogens is 348 g/mol. The van der Waals surface area contributed by atoms with Crippen LogP contribution in [0.15, 0.2) is 46.0 Å². The zero-order valence-electron chi connectivity index (χ0n) is 14.8. The van der Waals surface area contributed by atoms with E-state index in [2.05, 4.69) is 9.97 Å². The van der Waals surface area contributed by atoms with Gasteiger partial charge in [-0.2, -0.15) is 0 Å². The maximum Gasteiger partial charge on any atom is 0.334 e. The number of hydrogen-bond acceptors (Lipinski definition) is 5. The summed E-state index contributed by atoms with van der Waals surface area (Å²) >= 11 is 0.